The lowest BCUT2D eigenvalue weighted by molar-refractivity contribution is 0.426. The van der Waals surface area contributed by atoms with Gasteiger partial charge in [-0.15, -0.1) is 0 Å². The Balaban J connectivity index is 3.12. The maximum absolute atomic E-state index is 12.7. The van der Waals surface area contributed by atoms with Gasteiger partial charge in [-0.2, -0.15) is 4.31 Å². The Morgan fingerprint density at radius 3 is 2.48 bits per heavy atom. The first-order valence-electron chi connectivity index (χ1n) is 7.34. The van der Waals surface area contributed by atoms with Crippen LogP contribution in [0, 0.1) is 0 Å². The van der Waals surface area contributed by atoms with Crippen molar-refractivity contribution in [1.29, 1.82) is 0 Å². The zero-order valence-electron chi connectivity index (χ0n) is 13.2. The van der Waals surface area contributed by atoms with Crippen LogP contribution in [0.25, 0.3) is 0 Å². The molecule has 1 aromatic carbocycles. The molecule has 1 aromatic rings. The lowest BCUT2D eigenvalue weighted by Crippen LogP contribution is -2.32. The van der Waals surface area contributed by atoms with Crippen LogP contribution < -0.4 is 5.32 Å². The molecule has 4 nitrogen and oxygen atoms in total. The first-order valence-corrected chi connectivity index (χ1v) is 9.58. The molecule has 0 saturated heterocycles. The fourth-order valence-corrected chi connectivity index (χ4v) is 4.53. The average molecular weight is 377 g/mol. The number of sulfonamides is 1. The second-order valence-corrected chi connectivity index (χ2v) is 8.06. The molecule has 0 saturated carbocycles. The molecule has 6 heteroatoms. The molecular formula is C15H25BrN2O2S. The maximum Gasteiger partial charge on any atom is 0.244 e. The molecular weight excluding hydrogens is 352 g/mol. The van der Waals surface area contributed by atoms with Gasteiger partial charge in [-0.1, -0.05) is 33.8 Å². The Bertz CT molecular complexity index is 559. The molecule has 120 valence electrons. The smallest absolute Gasteiger partial charge is 0.244 e. The van der Waals surface area contributed by atoms with Crippen LogP contribution in [-0.2, 0) is 16.6 Å². The fraction of sp³-hybridized carbons (Fsp3) is 0.600. The van der Waals surface area contributed by atoms with Gasteiger partial charge in [-0.25, -0.2) is 8.42 Å². The number of nitrogens with zero attached hydrogens (tertiary/aromatic N) is 1. The highest BCUT2D eigenvalue weighted by atomic mass is 79.9. The lowest BCUT2D eigenvalue weighted by atomic mass is 10.2. The van der Waals surface area contributed by atoms with Crippen LogP contribution in [0.2, 0.25) is 0 Å². The van der Waals surface area contributed by atoms with Gasteiger partial charge in [0.1, 0.15) is 0 Å². The molecule has 0 amide bonds. The molecule has 21 heavy (non-hydrogen) atoms. The van der Waals surface area contributed by atoms with E-state index in [0.29, 0.717) is 35.0 Å². The van der Waals surface area contributed by atoms with Gasteiger partial charge in [0.05, 0.1) is 4.90 Å². The highest BCUT2D eigenvalue weighted by molar-refractivity contribution is 9.10. The minimum Gasteiger partial charge on any atom is -0.310 e. The topological polar surface area (TPSA) is 49.4 Å². The number of benzene rings is 1. The fourth-order valence-electron chi connectivity index (χ4n) is 2.01. The second-order valence-electron chi connectivity index (χ2n) is 5.30. The summed E-state index contributed by atoms with van der Waals surface area (Å²) in [5.74, 6) is 0. The summed E-state index contributed by atoms with van der Waals surface area (Å²) < 4.78 is 27.6. The third-order valence-corrected chi connectivity index (χ3v) is 6.12. The van der Waals surface area contributed by atoms with E-state index in [9.17, 15) is 8.42 Å². The van der Waals surface area contributed by atoms with Crippen molar-refractivity contribution in [3.05, 3.63) is 28.2 Å². The van der Waals surface area contributed by atoms with Crippen molar-refractivity contribution in [2.75, 3.05) is 13.1 Å². The van der Waals surface area contributed by atoms with Gasteiger partial charge >= 0.3 is 0 Å². The molecule has 0 spiro atoms. The van der Waals surface area contributed by atoms with Crippen LogP contribution in [0.4, 0.5) is 0 Å². The monoisotopic (exact) mass is 376 g/mol. The number of hydrogen-bond acceptors (Lipinski definition) is 3. The van der Waals surface area contributed by atoms with E-state index in [-0.39, 0.29) is 0 Å². The summed E-state index contributed by atoms with van der Waals surface area (Å²) >= 11 is 3.37. The summed E-state index contributed by atoms with van der Waals surface area (Å²) in [6.07, 6.45) is 0.805. The van der Waals surface area contributed by atoms with Gasteiger partial charge in [0.15, 0.2) is 0 Å². The Morgan fingerprint density at radius 1 is 1.29 bits per heavy atom. The zero-order valence-corrected chi connectivity index (χ0v) is 15.6. The van der Waals surface area contributed by atoms with E-state index < -0.39 is 10.0 Å². The van der Waals surface area contributed by atoms with E-state index in [1.165, 1.54) is 4.31 Å². The van der Waals surface area contributed by atoms with E-state index >= 15 is 0 Å². The molecule has 0 aromatic heterocycles. The number of hydrogen-bond donors (Lipinski definition) is 1. The Labute approximate surface area is 137 Å². The van der Waals surface area contributed by atoms with Crippen LogP contribution in [0.5, 0.6) is 0 Å². The van der Waals surface area contributed by atoms with E-state index in [4.69, 9.17) is 0 Å². The molecule has 1 N–H and O–H groups in total. The SMILES string of the molecule is CCCN(CC)S(=O)(=O)c1cc(CNC(C)C)ccc1Br. The average Bonchev–Trinajstić information content (AvgIpc) is 2.43. The Kier molecular flexibility index (Phi) is 7.33. The Morgan fingerprint density at radius 2 is 1.95 bits per heavy atom. The van der Waals surface area contributed by atoms with Crippen molar-refractivity contribution in [3.63, 3.8) is 0 Å². The zero-order chi connectivity index (χ0) is 16.0. The second kappa shape index (κ2) is 8.27. The van der Waals surface area contributed by atoms with Gasteiger partial charge < -0.3 is 5.32 Å². The molecule has 0 bridgehead atoms. The molecule has 0 atom stereocenters. The summed E-state index contributed by atoms with van der Waals surface area (Å²) in [6, 6.07) is 5.87. The maximum atomic E-state index is 12.7. The molecule has 0 unspecified atom stereocenters. The van der Waals surface area contributed by atoms with E-state index in [0.717, 1.165) is 12.0 Å². The molecule has 0 aliphatic rings. The molecule has 0 heterocycles. The normalized spacial score (nSPS) is 12.3. The summed E-state index contributed by atoms with van der Waals surface area (Å²) in [6.45, 7) is 9.67. The third kappa shape index (κ3) is 5.06. The van der Waals surface area contributed by atoms with Crippen LogP contribution in [0.1, 0.15) is 39.7 Å². The number of halogens is 1. The standard InChI is InChI=1S/C15H25BrN2O2S/c1-5-9-18(6-2)21(19,20)15-10-13(7-8-14(15)16)11-17-12(3)4/h7-8,10,12,17H,5-6,9,11H2,1-4H3. The summed E-state index contributed by atoms with van der Waals surface area (Å²) in [5.41, 5.74) is 0.970. The largest absolute Gasteiger partial charge is 0.310 e. The predicted molar refractivity (Wildman–Crippen MR) is 90.8 cm³/mol. The van der Waals surface area contributed by atoms with Crippen LogP contribution in [-0.4, -0.2) is 31.9 Å². The van der Waals surface area contributed by atoms with Gasteiger partial charge in [-0.3, -0.25) is 0 Å². The highest BCUT2D eigenvalue weighted by Crippen LogP contribution is 2.26. The summed E-state index contributed by atoms with van der Waals surface area (Å²) in [7, 11) is -3.45. The van der Waals surface area contributed by atoms with Crippen LogP contribution >= 0.6 is 15.9 Å². The summed E-state index contributed by atoms with van der Waals surface area (Å²) in [4.78, 5) is 0.348. The van der Waals surface area contributed by atoms with E-state index in [1.807, 2.05) is 26.0 Å². The quantitative estimate of drug-likeness (QED) is 0.756. The number of rotatable bonds is 8. The van der Waals surface area contributed by atoms with Crippen molar-refractivity contribution in [2.24, 2.45) is 0 Å². The van der Waals surface area contributed by atoms with E-state index in [2.05, 4.69) is 35.1 Å². The molecule has 1 rings (SSSR count). The number of nitrogens with one attached hydrogen (secondary N) is 1. The van der Waals surface area contributed by atoms with Gasteiger partial charge in [0.25, 0.3) is 0 Å². The third-order valence-electron chi connectivity index (χ3n) is 3.15. The van der Waals surface area contributed by atoms with E-state index in [1.54, 1.807) is 6.07 Å². The first-order chi connectivity index (χ1) is 9.82. The van der Waals surface area contributed by atoms with Crippen LogP contribution in [0.15, 0.2) is 27.6 Å². The molecule has 0 aliphatic carbocycles. The lowest BCUT2D eigenvalue weighted by Gasteiger charge is -2.21. The van der Waals surface area contributed by atoms with Gasteiger partial charge in [-0.05, 0) is 40.0 Å². The molecule has 0 aliphatic heterocycles. The van der Waals surface area contributed by atoms with Crippen molar-refractivity contribution in [2.45, 2.75) is 51.6 Å². The predicted octanol–water partition coefficient (Wildman–Crippen LogP) is 3.37. The van der Waals surface area contributed by atoms with Crippen molar-refractivity contribution >= 4 is 26.0 Å². The molecule has 0 radical (unpaired) electrons. The highest BCUT2D eigenvalue weighted by Gasteiger charge is 2.24. The first kappa shape index (κ1) is 18.6. The molecule has 0 fully saturated rings. The Hall–Kier alpha value is -0.430. The van der Waals surface area contributed by atoms with Gasteiger partial charge in [0.2, 0.25) is 10.0 Å². The van der Waals surface area contributed by atoms with Gasteiger partial charge in [0, 0.05) is 30.1 Å². The minimum atomic E-state index is -3.45. The van der Waals surface area contributed by atoms with Crippen LogP contribution in [0.3, 0.4) is 0 Å². The van der Waals surface area contributed by atoms with Crippen molar-refractivity contribution in [1.82, 2.24) is 9.62 Å². The van der Waals surface area contributed by atoms with Crippen molar-refractivity contribution < 1.29 is 8.42 Å². The summed E-state index contributed by atoms with van der Waals surface area (Å²) in [5, 5.41) is 3.30. The van der Waals surface area contributed by atoms with Crippen molar-refractivity contribution in [3.8, 4) is 0 Å². The minimum absolute atomic E-state index is 0.348.